The van der Waals surface area contributed by atoms with Crippen molar-refractivity contribution in [1.29, 1.82) is 0 Å². The van der Waals surface area contributed by atoms with Crippen molar-refractivity contribution in [3.05, 3.63) is 29.8 Å². The molecule has 1 aromatic carbocycles. The van der Waals surface area contributed by atoms with Crippen LogP contribution in [-0.4, -0.2) is 45.9 Å². The highest BCUT2D eigenvalue weighted by Gasteiger charge is 2.40. The summed E-state index contributed by atoms with van der Waals surface area (Å²) in [4.78, 5) is 23.1. The average molecular weight is 417 g/mol. The first kappa shape index (κ1) is 23.9. The van der Waals surface area contributed by atoms with Crippen LogP contribution in [0, 0.1) is 29.6 Å². The lowest BCUT2D eigenvalue weighted by atomic mass is 9.88. The molecule has 30 heavy (non-hydrogen) atoms. The first-order valence-corrected chi connectivity index (χ1v) is 10.6. The SMILES string of the molecule is CCCC[C@H](C)C[C@H](O)C#C[C@H]1[C@H](O)CC(=O)[C@@H]1Cc1cccc(OCC(=O)O)c1. The van der Waals surface area contributed by atoms with Gasteiger partial charge in [0.2, 0.25) is 0 Å². The van der Waals surface area contributed by atoms with E-state index in [2.05, 4.69) is 25.7 Å². The number of carbonyl (C=O) groups excluding carboxylic acids is 1. The molecule has 1 fully saturated rings. The fourth-order valence-electron chi connectivity index (χ4n) is 3.85. The van der Waals surface area contributed by atoms with Crippen LogP contribution in [0.5, 0.6) is 5.75 Å². The fourth-order valence-corrected chi connectivity index (χ4v) is 3.85. The second-order valence-electron chi connectivity index (χ2n) is 8.19. The van der Waals surface area contributed by atoms with Crippen LogP contribution in [0.2, 0.25) is 0 Å². The summed E-state index contributed by atoms with van der Waals surface area (Å²) in [5, 5.41) is 29.3. The van der Waals surface area contributed by atoms with E-state index in [0.29, 0.717) is 24.5 Å². The third kappa shape index (κ3) is 7.47. The predicted molar refractivity (Wildman–Crippen MR) is 113 cm³/mol. The lowest BCUT2D eigenvalue weighted by Crippen LogP contribution is -2.22. The van der Waals surface area contributed by atoms with Gasteiger partial charge in [0, 0.05) is 12.3 Å². The molecule has 1 aliphatic rings. The summed E-state index contributed by atoms with van der Waals surface area (Å²) in [5.74, 6) is 4.49. The quantitative estimate of drug-likeness (QED) is 0.507. The van der Waals surface area contributed by atoms with Crippen molar-refractivity contribution in [3.8, 4) is 17.6 Å². The largest absolute Gasteiger partial charge is 0.482 e. The number of Topliss-reactive ketones (excluding diaryl/α,β-unsaturated/α-hetero) is 1. The van der Waals surface area contributed by atoms with Crippen LogP contribution in [0.15, 0.2) is 24.3 Å². The van der Waals surface area contributed by atoms with Crippen molar-refractivity contribution in [2.24, 2.45) is 17.8 Å². The second-order valence-corrected chi connectivity index (χ2v) is 8.19. The predicted octanol–water partition coefficient (Wildman–Crippen LogP) is 2.84. The molecule has 0 amide bonds. The Bertz CT molecular complexity index is 777. The third-order valence-electron chi connectivity index (χ3n) is 5.48. The molecule has 2 rings (SSSR count). The normalized spacial score (nSPS) is 22.8. The van der Waals surface area contributed by atoms with E-state index in [1.54, 1.807) is 18.2 Å². The maximum absolute atomic E-state index is 12.4. The summed E-state index contributed by atoms with van der Waals surface area (Å²) in [6.45, 7) is 3.79. The lowest BCUT2D eigenvalue weighted by molar-refractivity contribution is -0.139. The molecule has 1 aromatic rings. The van der Waals surface area contributed by atoms with Crippen molar-refractivity contribution in [3.63, 3.8) is 0 Å². The van der Waals surface area contributed by atoms with Crippen LogP contribution in [0.1, 0.15) is 51.5 Å². The number of unbranched alkanes of at least 4 members (excludes halogenated alkanes) is 1. The van der Waals surface area contributed by atoms with E-state index in [4.69, 9.17) is 9.84 Å². The number of aliphatic carboxylic acids is 1. The summed E-state index contributed by atoms with van der Waals surface area (Å²) < 4.78 is 5.20. The lowest BCUT2D eigenvalue weighted by Gasteiger charge is -2.17. The molecule has 0 unspecified atom stereocenters. The Hall–Kier alpha value is -2.36. The second kappa shape index (κ2) is 11.7. The highest BCUT2D eigenvalue weighted by atomic mass is 16.5. The zero-order chi connectivity index (χ0) is 22.1. The van der Waals surface area contributed by atoms with Gasteiger partial charge in [-0.3, -0.25) is 4.79 Å². The zero-order valence-electron chi connectivity index (χ0n) is 17.7. The standard InChI is InChI=1S/C24H32O6/c1-3-4-6-16(2)11-18(25)9-10-20-21(23(27)14-22(20)26)13-17-7-5-8-19(12-17)30-15-24(28)29/h5,7-8,12,16,18,20-22,25-26H,3-4,6,11,13-15H2,1-2H3,(H,28,29)/t16-,18+,20+,21+,22+/m0/s1. The molecule has 1 aliphatic carbocycles. The van der Waals surface area contributed by atoms with E-state index in [0.717, 1.165) is 24.8 Å². The first-order valence-electron chi connectivity index (χ1n) is 10.6. The Balaban J connectivity index is 2.04. The molecule has 3 N–H and O–H groups in total. The van der Waals surface area contributed by atoms with E-state index in [-0.39, 0.29) is 12.2 Å². The van der Waals surface area contributed by atoms with Crippen molar-refractivity contribution >= 4 is 11.8 Å². The number of hydrogen-bond donors (Lipinski definition) is 3. The van der Waals surface area contributed by atoms with Gasteiger partial charge >= 0.3 is 5.97 Å². The third-order valence-corrected chi connectivity index (χ3v) is 5.48. The van der Waals surface area contributed by atoms with Crippen molar-refractivity contribution in [2.45, 2.75) is 64.6 Å². The van der Waals surface area contributed by atoms with Gasteiger partial charge in [-0.15, -0.1) is 0 Å². The number of ether oxygens (including phenoxy) is 1. The number of hydrogen-bond acceptors (Lipinski definition) is 5. The number of aliphatic hydroxyl groups excluding tert-OH is 2. The Morgan fingerprint density at radius 1 is 1.37 bits per heavy atom. The fraction of sp³-hybridized carbons (Fsp3) is 0.583. The van der Waals surface area contributed by atoms with Gasteiger partial charge in [-0.25, -0.2) is 4.79 Å². The van der Waals surface area contributed by atoms with Gasteiger partial charge in [-0.05, 0) is 36.5 Å². The Labute approximate surface area is 178 Å². The summed E-state index contributed by atoms with van der Waals surface area (Å²) in [5.41, 5.74) is 0.811. The Morgan fingerprint density at radius 2 is 2.13 bits per heavy atom. The molecular formula is C24H32O6. The molecule has 6 heteroatoms. The van der Waals surface area contributed by atoms with Crippen molar-refractivity contribution in [2.75, 3.05) is 6.61 Å². The molecule has 1 saturated carbocycles. The molecular weight excluding hydrogens is 384 g/mol. The van der Waals surface area contributed by atoms with Crippen LogP contribution in [-0.2, 0) is 16.0 Å². The van der Waals surface area contributed by atoms with E-state index >= 15 is 0 Å². The van der Waals surface area contributed by atoms with Gasteiger partial charge in [0.05, 0.1) is 12.0 Å². The van der Waals surface area contributed by atoms with Gasteiger partial charge in [0.1, 0.15) is 17.6 Å². The highest BCUT2D eigenvalue weighted by Crippen LogP contribution is 2.32. The molecule has 6 nitrogen and oxygen atoms in total. The first-order chi connectivity index (χ1) is 14.3. The number of carbonyl (C=O) groups is 2. The topological polar surface area (TPSA) is 104 Å². The zero-order valence-corrected chi connectivity index (χ0v) is 17.7. The van der Waals surface area contributed by atoms with Crippen LogP contribution >= 0.6 is 0 Å². The van der Waals surface area contributed by atoms with E-state index in [1.807, 2.05) is 6.07 Å². The van der Waals surface area contributed by atoms with Gasteiger partial charge < -0.3 is 20.1 Å². The van der Waals surface area contributed by atoms with E-state index in [1.165, 1.54) is 0 Å². The Kier molecular flexibility index (Phi) is 9.35. The molecule has 0 aromatic heterocycles. The number of aliphatic hydroxyl groups is 2. The average Bonchev–Trinajstić information content (AvgIpc) is 2.96. The van der Waals surface area contributed by atoms with Crippen LogP contribution in [0.4, 0.5) is 0 Å². The number of carboxylic acids is 1. The molecule has 0 bridgehead atoms. The van der Waals surface area contributed by atoms with Gasteiger partial charge in [0.25, 0.3) is 0 Å². The van der Waals surface area contributed by atoms with Crippen molar-refractivity contribution < 1.29 is 29.6 Å². The van der Waals surface area contributed by atoms with Gasteiger partial charge in [-0.1, -0.05) is 57.1 Å². The summed E-state index contributed by atoms with van der Waals surface area (Å²) in [7, 11) is 0. The molecule has 0 heterocycles. The summed E-state index contributed by atoms with van der Waals surface area (Å²) >= 11 is 0. The molecule has 0 aliphatic heterocycles. The number of benzene rings is 1. The van der Waals surface area contributed by atoms with Gasteiger partial charge in [-0.2, -0.15) is 0 Å². The molecule has 0 radical (unpaired) electrons. The number of carboxylic acid groups (broad SMARTS) is 1. The number of ketones is 1. The van der Waals surface area contributed by atoms with E-state index in [9.17, 15) is 19.8 Å². The van der Waals surface area contributed by atoms with Crippen LogP contribution in [0.25, 0.3) is 0 Å². The summed E-state index contributed by atoms with van der Waals surface area (Å²) in [6, 6.07) is 6.94. The minimum Gasteiger partial charge on any atom is -0.482 e. The summed E-state index contributed by atoms with van der Waals surface area (Å²) in [6.07, 6.45) is 2.69. The minimum absolute atomic E-state index is 0.0514. The number of rotatable bonds is 10. The molecule has 0 spiro atoms. The van der Waals surface area contributed by atoms with Crippen molar-refractivity contribution in [1.82, 2.24) is 0 Å². The molecule has 0 saturated heterocycles. The highest BCUT2D eigenvalue weighted by molar-refractivity contribution is 5.85. The smallest absolute Gasteiger partial charge is 0.341 e. The van der Waals surface area contributed by atoms with E-state index < -0.39 is 36.6 Å². The monoisotopic (exact) mass is 416 g/mol. The van der Waals surface area contributed by atoms with Crippen LogP contribution in [0.3, 0.4) is 0 Å². The van der Waals surface area contributed by atoms with Gasteiger partial charge in [0.15, 0.2) is 6.61 Å². The minimum atomic E-state index is -1.06. The maximum atomic E-state index is 12.4. The maximum Gasteiger partial charge on any atom is 0.341 e. The molecule has 164 valence electrons. The Morgan fingerprint density at radius 3 is 2.83 bits per heavy atom. The molecule has 5 atom stereocenters. The van der Waals surface area contributed by atoms with Crippen LogP contribution < -0.4 is 4.74 Å².